The second-order valence-corrected chi connectivity index (χ2v) is 12.2. The van der Waals surface area contributed by atoms with Crippen molar-refractivity contribution in [3.8, 4) is 0 Å². The Bertz CT molecular complexity index is 682. The molecule has 0 saturated heterocycles. The zero-order valence-corrected chi connectivity index (χ0v) is 19.7. The van der Waals surface area contributed by atoms with Crippen LogP contribution in [-0.4, -0.2) is 22.3 Å². The topological polar surface area (TPSA) is 57.5 Å². The van der Waals surface area contributed by atoms with E-state index in [0.29, 0.717) is 23.2 Å². The van der Waals surface area contributed by atoms with Gasteiger partial charge in [-0.3, -0.25) is 4.79 Å². The predicted octanol–water partition coefficient (Wildman–Crippen LogP) is 6.45. The number of hydrogen-bond acceptors (Lipinski definition) is 2. The van der Waals surface area contributed by atoms with Gasteiger partial charge in [-0.2, -0.15) is 0 Å². The smallest absolute Gasteiger partial charge is 0.310 e. The summed E-state index contributed by atoms with van der Waals surface area (Å²) in [5.41, 5.74) is 1.69. The van der Waals surface area contributed by atoms with Crippen LogP contribution in [0.1, 0.15) is 98.3 Å². The molecule has 3 nitrogen and oxygen atoms in total. The third kappa shape index (κ3) is 3.67. The molecule has 0 radical (unpaired) electrons. The fourth-order valence-corrected chi connectivity index (χ4v) is 8.36. The molecule has 8 atom stereocenters. The largest absolute Gasteiger partial charge is 0.481 e. The van der Waals surface area contributed by atoms with Gasteiger partial charge in [-0.1, -0.05) is 52.2 Å². The highest BCUT2D eigenvalue weighted by atomic mass is 16.4. The number of rotatable bonds is 6. The molecule has 0 amide bonds. The van der Waals surface area contributed by atoms with Crippen molar-refractivity contribution in [2.24, 2.45) is 46.3 Å². The first-order valence-corrected chi connectivity index (χ1v) is 12.8. The Morgan fingerprint density at radius 1 is 1.07 bits per heavy atom. The van der Waals surface area contributed by atoms with Gasteiger partial charge in [0.2, 0.25) is 0 Å². The summed E-state index contributed by atoms with van der Waals surface area (Å²) in [5.74, 6) is 2.60. The standard InChI is InChI=1S/C27H44O3/c1-17(2)6-5-7-20(25(29)30)18-12-14-26(3)19(16-18)8-9-21-22-10-11-24(28)27(22,4)15-13-23(21)26/h12,17,19-24,28H,5-11,13-16H2,1-4H3,(H,29,30)/t19-,20+,21+,22-,23+,24+,26-,27-/m1/s1. The summed E-state index contributed by atoms with van der Waals surface area (Å²) in [5, 5.41) is 20.6. The summed E-state index contributed by atoms with van der Waals surface area (Å²) >= 11 is 0. The van der Waals surface area contributed by atoms with Gasteiger partial charge >= 0.3 is 5.97 Å². The zero-order valence-electron chi connectivity index (χ0n) is 19.7. The summed E-state index contributed by atoms with van der Waals surface area (Å²) in [6, 6.07) is 0. The molecule has 0 unspecified atom stereocenters. The van der Waals surface area contributed by atoms with E-state index in [4.69, 9.17) is 0 Å². The first-order valence-electron chi connectivity index (χ1n) is 12.8. The van der Waals surface area contributed by atoms with Crippen molar-refractivity contribution in [3.63, 3.8) is 0 Å². The van der Waals surface area contributed by atoms with Gasteiger partial charge in [0.15, 0.2) is 0 Å². The Morgan fingerprint density at radius 2 is 1.80 bits per heavy atom. The van der Waals surface area contributed by atoms with Gasteiger partial charge in [0, 0.05) is 0 Å². The van der Waals surface area contributed by atoms with Crippen LogP contribution in [-0.2, 0) is 4.79 Å². The number of fused-ring (bicyclic) bond motifs is 5. The minimum absolute atomic E-state index is 0.103. The number of aliphatic hydroxyl groups excluding tert-OH is 1. The van der Waals surface area contributed by atoms with Crippen LogP contribution in [0.15, 0.2) is 11.6 Å². The van der Waals surface area contributed by atoms with Crippen LogP contribution >= 0.6 is 0 Å². The SMILES string of the molecule is CC(C)CCC[C@H](C(=O)O)C1=CC[C@]2(C)[C@H](CC[C@H]3[C@H]4CC[C@H](O)[C@]4(C)CC[C@@H]32)C1. The molecule has 4 rings (SSSR count). The Morgan fingerprint density at radius 3 is 2.50 bits per heavy atom. The van der Waals surface area contributed by atoms with Gasteiger partial charge in [-0.05, 0) is 98.2 Å². The first kappa shape index (κ1) is 22.4. The molecule has 0 aromatic rings. The second-order valence-electron chi connectivity index (χ2n) is 12.2. The summed E-state index contributed by atoms with van der Waals surface area (Å²) < 4.78 is 0. The lowest BCUT2D eigenvalue weighted by molar-refractivity contribution is -0.141. The molecular weight excluding hydrogens is 372 g/mol. The van der Waals surface area contributed by atoms with Crippen molar-refractivity contribution >= 4 is 5.97 Å². The number of aliphatic hydroxyl groups is 1. The van der Waals surface area contributed by atoms with Crippen LogP contribution in [0, 0.1) is 46.3 Å². The molecule has 0 spiro atoms. The van der Waals surface area contributed by atoms with E-state index in [9.17, 15) is 15.0 Å². The van der Waals surface area contributed by atoms with Crippen molar-refractivity contribution < 1.29 is 15.0 Å². The number of carbonyl (C=O) groups is 1. The Hall–Kier alpha value is -0.830. The van der Waals surface area contributed by atoms with E-state index in [0.717, 1.165) is 50.4 Å². The maximum absolute atomic E-state index is 12.1. The normalized spacial score (nSPS) is 44.1. The van der Waals surface area contributed by atoms with Crippen molar-refractivity contribution in [3.05, 3.63) is 11.6 Å². The summed E-state index contributed by atoms with van der Waals surface area (Å²) in [4.78, 5) is 12.1. The molecule has 0 aromatic heterocycles. The summed E-state index contributed by atoms with van der Waals surface area (Å²) in [6.45, 7) is 9.31. The lowest BCUT2D eigenvalue weighted by Gasteiger charge is -2.60. The molecule has 3 fully saturated rings. The first-order chi connectivity index (χ1) is 14.2. The van der Waals surface area contributed by atoms with E-state index in [1.54, 1.807) is 0 Å². The summed E-state index contributed by atoms with van der Waals surface area (Å²) in [7, 11) is 0. The van der Waals surface area contributed by atoms with Crippen LogP contribution in [0.5, 0.6) is 0 Å². The predicted molar refractivity (Wildman–Crippen MR) is 121 cm³/mol. The molecule has 4 aliphatic carbocycles. The average molecular weight is 417 g/mol. The maximum Gasteiger partial charge on any atom is 0.310 e. The van der Waals surface area contributed by atoms with Crippen molar-refractivity contribution in [1.29, 1.82) is 0 Å². The van der Waals surface area contributed by atoms with Crippen molar-refractivity contribution in [2.75, 3.05) is 0 Å². The lowest BCUT2D eigenvalue weighted by atomic mass is 9.45. The number of carboxylic acids is 1. The number of aliphatic carboxylic acids is 1. The van der Waals surface area contributed by atoms with E-state index in [1.807, 2.05) is 0 Å². The van der Waals surface area contributed by atoms with Crippen molar-refractivity contribution in [1.82, 2.24) is 0 Å². The van der Waals surface area contributed by atoms with Gasteiger partial charge < -0.3 is 10.2 Å². The monoisotopic (exact) mass is 416 g/mol. The molecule has 0 bridgehead atoms. The molecule has 3 heteroatoms. The van der Waals surface area contributed by atoms with Gasteiger partial charge in [-0.25, -0.2) is 0 Å². The third-order valence-electron chi connectivity index (χ3n) is 10.3. The fraction of sp³-hybridized carbons (Fsp3) is 0.889. The van der Waals surface area contributed by atoms with Crippen molar-refractivity contribution in [2.45, 2.75) is 104 Å². The Kier molecular flexibility index (Phi) is 6.16. The second kappa shape index (κ2) is 8.26. The number of carboxylic acid groups (broad SMARTS) is 1. The quantitative estimate of drug-likeness (QED) is 0.489. The van der Waals surface area contributed by atoms with Crippen LogP contribution < -0.4 is 0 Å². The van der Waals surface area contributed by atoms with Gasteiger partial charge in [-0.15, -0.1) is 0 Å². The van der Waals surface area contributed by atoms with E-state index in [-0.39, 0.29) is 17.4 Å². The summed E-state index contributed by atoms with van der Waals surface area (Å²) in [6.07, 6.45) is 14.4. The van der Waals surface area contributed by atoms with Crippen LogP contribution in [0.4, 0.5) is 0 Å². The number of allylic oxidation sites excluding steroid dienone is 1. The minimum atomic E-state index is -0.615. The molecule has 3 saturated carbocycles. The third-order valence-corrected chi connectivity index (χ3v) is 10.3. The van der Waals surface area contributed by atoms with Crippen LogP contribution in [0.3, 0.4) is 0 Å². The average Bonchev–Trinajstić information content (AvgIpc) is 2.99. The fourth-order valence-electron chi connectivity index (χ4n) is 8.36. The van der Waals surface area contributed by atoms with E-state index >= 15 is 0 Å². The highest BCUT2D eigenvalue weighted by molar-refractivity contribution is 5.73. The minimum Gasteiger partial charge on any atom is -0.481 e. The number of hydrogen-bond donors (Lipinski definition) is 2. The van der Waals surface area contributed by atoms with Gasteiger partial charge in [0.05, 0.1) is 12.0 Å². The van der Waals surface area contributed by atoms with E-state index in [2.05, 4.69) is 33.8 Å². The Balaban J connectivity index is 1.50. The zero-order chi connectivity index (χ0) is 21.7. The maximum atomic E-state index is 12.1. The van der Waals surface area contributed by atoms with E-state index in [1.165, 1.54) is 37.7 Å². The molecule has 0 aliphatic heterocycles. The Labute approximate surface area is 183 Å². The molecule has 0 aromatic carbocycles. The van der Waals surface area contributed by atoms with Crippen LogP contribution in [0.25, 0.3) is 0 Å². The highest BCUT2D eigenvalue weighted by Crippen LogP contribution is 2.66. The molecule has 2 N–H and O–H groups in total. The molecular formula is C27H44O3. The highest BCUT2D eigenvalue weighted by Gasteiger charge is 2.59. The molecule has 4 aliphatic rings. The van der Waals surface area contributed by atoms with Gasteiger partial charge in [0.1, 0.15) is 0 Å². The van der Waals surface area contributed by atoms with E-state index < -0.39 is 5.97 Å². The molecule has 0 heterocycles. The lowest BCUT2D eigenvalue weighted by Crippen LogP contribution is -2.53. The molecule has 170 valence electrons. The van der Waals surface area contributed by atoms with Crippen LogP contribution in [0.2, 0.25) is 0 Å². The molecule has 30 heavy (non-hydrogen) atoms. The van der Waals surface area contributed by atoms with Gasteiger partial charge in [0.25, 0.3) is 0 Å².